The molecule has 0 saturated heterocycles. The Morgan fingerprint density at radius 2 is 1.82 bits per heavy atom. The standard InChI is InChI=1S/C13H21NO3/c1-8-5-10(11(6-8)13(16)17)12(15)14(2)7-9-3-4-9/h8-11H,3-7H2,1-2H3,(H,16,17). The average Bonchev–Trinajstić information content (AvgIpc) is 2.97. The van der Waals surface area contributed by atoms with Crippen molar-refractivity contribution < 1.29 is 14.7 Å². The number of hydrogen-bond acceptors (Lipinski definition) is 2. The van der Waals surface area contributed by atoms with Crippen LogP contribution < -0.4 is 0 Å². The molecule has 17 heavy (non-hydrogen) atoms. The number of hydrogen-bond donors (Lipinski definition) is 1. The quantitative estimate of drug-likeness (QED) is 0.810. The predicted molar refractivity (Wildman–Crippen MR) is 63.4 cm³/mol. The Morgan fingerprint density at radius 3 is 2.35 bits per heavy atom. The zero-order chi connectivity index (χ0) is 12.6. The number of amides is 1. The number of rotatable bonds is 4. The number of carboxylic acids is 1. The van der Waals surface area contributed by atoms with Crippen LogP contribution in [-0.4, -0.2) is 35.5 Å². The van der Waals surface area contributed by atoms with Gasteiger partial charge in [-0.3, -0.25) is 9.59 Å². The van der Waals surface area contributed by atoms with Crippen molar-refractivity contribution in [3.8, 4) is 0 Å². The molecular weight excluding hydrogens is 218 g/mol. The fraction of sp³-hybridized carbons (Fsp3) is 0.846. The lowest BCUT2D eigenvalue weighted by molar-refractivity contribution is -0.148. The first-order chi connectivity index (χ1) is 7.99. The van der Waals surface area contributed by atoms with E-state index in [1.165, 1.54) is 12.8 Å². The summed E-state index contributed by atoms with van der Waals surface area (Å²) in [6, 6.07) is 0. The molecule has 0 heterocycles. The molecule has 0 radical (unpaired) electrons. The van der Waals surface area contributed by atoms with Crippen molar-refractivity contribution in [2.45, 2.75) is 32.6 Å². The van der Waals surface area contributed by atoms with Gasteiger partial charge >= 0.3 is 5.97 Å². The SMILES string of the molecule is CC1CC(C(=O)O)C(C(=O)N(C)CC2CC2)C1. The van der Waals surface area contributed by atoms with E-state index in [2.05, 4.69) is 0 Å². The summed E-state index contributed by atoms with van der Waals surface area (Å²) in [6.45, 7) is 2.83. The van der Waals surface area contributed by atoms with E-state index >= 15 is 0 Å². The first kappa shape index (κ1) is 12.4. The van der Waals surface area contributed by atoms with E-state index in [0.717, 1.165) is 13.0 Å². The van der Waals surface area contributed by atoms with Gasteiger partial charge in [0.2, 0.25) is 5.91 Å². The van der Waals surface area contributed by atoms with Crippen LogP contribution in [0.3, 0.4) is 0 Å². The van der Waals surface area contributed by atoms with Gasteiger partial charge in [-0.1, -0.05) is 6.92 Å². The number of carbonyl (C=O) groups excluding carboxylic acids is 1. The van der Waals surface area contributed by atoms with E-state index in [9.17, 15) is 9.59 Å². The summed E-state index contributed by atoms with van der Waals surface area (Å²) in [4.78, 5) is 25.1. The minimum Gasteiger partial charge on any atom is -0.481 e. The fourth-order valence-corrected chi connectivity index (χ4v) is 2.90. The van der Waals surface area contributed by atoms with Gasteiger partial charge in [0.15, 0.2) is 0 Å². The van der Waals surface area contributed by atoms with Gasteiger partial charge in [-0.25, -0.2) is 0 Å². The highest BCUT2D eigenvalue weighted by Crippen LogP contribution is 2.38. The van der Waals surface area contributed by atoms with Gasteiger partial charge in [0, 0.05) is 13.6 Å². The molecule has 0 aromatic carbocycles. The Balaban J connectivity index is 1.98. The Kier molecular flexibility index (Phi) is 3.40. The number of carboxylic acid groups (broad SMARTS) is 1. The molecule has 2 aliphatic carbocycles. The molecule has 0 aromatic rings. The van der Waals surface area contributed by atoms with E-state index in [-0.39, 0.29) is 11.8 Å². The molecule has 2 fully saturated rings. The van der Waals surface area contributed by atoms with Crippen LogP contribution >= 0.6 is 0 Å². The van der Waals surface area contributed by atoms with Crippen LogP contribution in [0.2, 0.25) is 0 Å². The zero-order valence-corrected chi connectivity index (χ0v) is 10.6. The molecule has 1 N–H and O–H groups in total. The topological polar surface area (TPSA) is 57.6 Å². The molecule has 96 valence electrons. The van der Waals surface area contributed by atoms with E-state index in [1.807, 2.05) is 14.0 Å². The van der Waals surface area contributed by atoms with Crippen molar-refractivity contribution in [3.05, 3.63) is 0 Å². The maximum Gasteiger partial charge on any atom is 0.307 e. The highest BCUT2D eigenvalue weighted by Gasteiger charge is 2.42. The first-order valence-corrected chi connectivity index (χ1v) is 6.46. The average molecular weight is 239 g/mol. The van der Waals surface area contributed by atoms with Crippen molar-refractivity contribution in [1.82, 2.24) is 4.90 Å². The third-order valence-electron chi connectivity index (χ3n) is 4.04. The van der Waals surface area contributed by atoms with Crippen LogP contribution in [0.4, 0.5) is 0 Å². The summed E-state index contributed by atoms with van der Waals surface area (Å²) < 4.78 is 0. The minimum absolute atomic E-state index is 0.0358. The molecule has 4 nitrogen and oxygen atoms in total. The highest BCUT2D eigenvalue weighted by molar-refractivity contribution is 5.85. The smallest absolute Gasteiger partial charge is 0.307 e. The van der Waals surface area contributed by atoms with Crippen LogP contribution in [0.25, 0.3) is 0 Å². The van der Waals surface area contributed by atoms with Gasteiger partial charge in [-0.15, -0.1) is 0 Å². The summed E-state index contributed by atoms with van der Waals surface area (Å²) in [5.41, 5.74) is 0. The lowest BCUT2D eigenvalue weighted by Gasteiger charge is -2.23. The van der Waals surface area contributed by atoms with E-state index in [4.69, 9.17) is 5.11 Å². The van der Waals surface area contributed by atoms with Crippen molar-refractivity contribution in [1.29, 1.82) is 0 Å². The van der Waals surface area contributed by atoms with Gasteiger partial charge in [0.25, 0.3) is 0 Å². The summed E-state index contributed by atoms with van der Waals surface area (Å²) in [7, 11) is 1.81. The maximum absolute atomic E-state index is 12.2. The molecule has 0 aliphatic heterocycles. The third-order valence-corrected chi connectivity index (χ3v) is 4.04. The number of nitrogens with zero attached hydrogens (tertiary/aromatic N) is 1. The van der Waals surface area contributed by atoms with Gasteiger partial charge < -0.3 is 10.0 Å². The van der Waals surface area contributed by atoms with Gasteiger partial charge in [0.1, 0.15) is 0 Å². The molecule has 2 aliphatic rings. The van der Waals surface area contributed by atoms with E-state index in [1.54, 1.807) is 4.90 Å². The highest BCUT2D eigenvalue weighted by atomic mass is 16.4. The van der Waals surface area contributed by atoms with Crippen LogP contribution in [0.5, 0.6) is 0 Å². The summed E-state index contributed by atoms with van der Waals surface area (Å²) in [6.07, 6.45) is 3.79. The molecule has 3 atom stereocenters. The second-order valence-electron chi connectivity index (χ2n) is 5.79. The molecule has 1 amide bonds. The molecular formula is C13H21NO3. The molecule has 3 unspecified atom stereocenters. The van der Waals surface area contributed by atoms with E-state index in [0.29, 0.717) is 18.3 Å². The van der Waals surface area contributed by atoms with Gasteiger partial charge in [-0.05, 0) is 37.5 Å². The van der Waals surface area contributed by atoms with Crippen molar-refractivity contribution >= 4 is 11.9 Å². The maximum atomic E-state index is 12.2. The van der Waals surface area contributed by atoms with Crippen LogP contribution in [0, 0.1) is 23.7 Å². The normalized spacial score (nSPS) is 32.5. The second kappa shape index (κ2) is 4.67. The molecule has 2 saturated carbocycles. The summed E-state index contributed by atoms with van der Waals surface area (Å²) in [5.74, 6) is -0.544. The van der Waals surface area contributed by atoms with Crippen LogP contribution in [0.1, 0.15) is 32.6 Å². The molecule has 0 aromatic heterocycles. The molecule has 0 bridgehead atoms. The summed E-state index contributed by atoms with van der Waals surface area (Å²) >= 11 is 0. The molecule has 0 spiro atoms. The van der Waals surface area contributed by atoms with Crippen molar-refractivity contribution in [2.24, 2.45) is 23.7 Å². The minimum atomic E-state index is -0.812. The Labute approximate surface area is 102 Å². The first-order valence-electron chi connectivity index (χ1n) is 6.46. The van der Waals surface area contributed by atoms with Gasteiger partial charge in [0.05, 0.1) is 11.8 Å². The van der Waals surface area contributed by atoms with Crippen LogP contribution in [-0.2, 0) is 9.59 Å². The zero-order valence-electron chi connectivity index (χ0n) is 10.6. The van der Waals surface area contributed by atoms with Crippen LogP contribution in [0.15, 0.2) is 0 Å². The summed E-state index contributed by atoms with van der Waals surface area (Å²) in [5, 5.41) is 9.16. The fourth-order valence-electron chi connectivity index (χ4n) is 2.90. The Morgan fingerprint density at radius 1 is 1.24 bits per heavy atom. The Hall–Kier alpha value is -1.06. The second-order valence-corrected chi connectivity index (χ2v) is 5.79. The molecule has 2 rings (SSSR count). The lowest BCUT2D eigenvalue weighted by atomic mass is 9.95. The van der Waals surface area contributed by atoms with Crippen molar-refractivity contribution in [2.75, 3.05) is 13.6 Å². The Bertz CT molecular complexity index is 325. The van der Waals surface area contributed by atoms with Gasteiger partial charge in [-0.2, -0.15) is 0 Å². The number of aliphatic carboxylic acids is 1. The van der Waals surface area contributed by atoms with E-state index < -0.39 is 11.9 Å². The largest absolute Gasteiger partial charge is 0.481 e. The predicted octanol–water partition coefficient (Wildman–Crippen LogP) is 1.60. The lowest BCUT2D eigenvalue weighted by Crippen LogP contribution is -2.37. The third kappa shape index (κ3) is 2.79. The molecule has 4 heteroatoms. The monoisotopic (exact) mass is 239 g/mol. The number of carbonyl (C=O) groups is 2. The van der Waals surface area contributed by atoms with Crippen molar-refractivity contribution in [3.63, 3.8) is 0 Å².